The van der Waals surface area contributed by atoms with E-state index in [2.05, 4.69) is 5.32 Å². The molecule has 0 spiro atoms. The first-order chi connectivity index (χ1) is 9.28. The van der Waals surface area contributed by atoms with Gasteiger partial charge in [-0.25, -0.2) is 0 Å². The summed E-state index contributed by atoms with van der Waals surface area (Å²) in [6.07, 6.45) is -0.195. The zero-order valence-corrected chi connectivity index (χ0v) is 12.1. The summed E-state index contributed by atoms with van der Waals surface area (Å²) in [4.78, 5) is 22.8. The maximum atomic E-state index is 11.7. The summed E-state index contributed by atoms with van der Waals surface area (Å²) in [5.74, 6) is -1.59. The largest absolute Gasteiger partial charge is 0.480 e. The number of nitrogens with one attached hydrogen (secondary N) is 1. The van der Waals surface area contributed by atoms with Crippen molar-refractivity contribution in [3.05, 3.63) is 35.9 Å². The molecule has 5 heteroatoms. The van der Waals surface area contributed by atoms with Crippen LogP contribution in [-0.2, 0) is 20.9 Å². The molecule has 0 saturated carbocycles. The molecule has 0 aliphatic rings. The number of aliphatic carboxylic acids is 1. The van der Waals surface area contributed by atoms with Gasteiger partial charge >= 0.3 is 11.9 Å². The molecular weight excluding hydrogens is 258 g/mol. The van der Waals surface area contributed by atoms with Crippen molar-refractivity contribution in [1.82, 2.24) is 5.32 Å². The van der Waals surface area contributed by atoms with Gasteiger partial charge in [0.2, 0.25) is 0 Å². The normalized spacial score (nSPS) is 12.8. The molecular formula is C15H21NO4. The van der Waals surface area contributed by atoms with E-state index in [4.69, 9.17) is 9.84 Å². The van der Waals surface area contributed by atoms with Crippen LogP contribution >= 0.6 is 0 Å². The van der Waals surface area contributed by atoms with Crippen LogP contribution in [0.3, 0.4) is 0 Å². The van der Waals surface area contributed by atoms with Crippen molar-refractivity contribution >= 4 is 11.9 Å². The SMILES string of the molecule is CC(C)(C)OC(=O)CC(NCc1ccccc1)C(=O)O. The third-order valence-electron chi connectivity index (χ3n) is 2.48. The number of carbonyl (C=O) groups is 2. The maximum absolute atomic E-state index is 11.7. The number of benzene rings is 1. The highest BCUT2D eigenvalue weighted by Gasteiger charge is 2.24. The molecule has 0 aliphatic heterocycles. The lowest BCUT2D eigenvalue weighted by molar-refractivity contribution is -0.158. The second kappa shape index (κ2) is 7.05. The number of carboxylic acids is 1. The third kappa shape index (κ3) is 6.33. The zero-order valence-electron chi connectivity index (χ0n) is 12.1. The minimum absolute atomic E-state index is 0.195. The Hall–Kier alpha value is -1.88. The molecule has 110 valence electrons. The Balaban J connectivity index is 2.53. The standard InChI is InChI=1S/C15H21NO4/c1-15(2,3)20-13(17)9-12(14(18)19)16-10-11-7-5-4-6-8-11/h4-8,12,16H,9-10H2,1-3H3,(H,18,19). The molecule has 2 N–H and O–H groups in total. The van der Waals surface area contributed by atoms with E-state index in [1.165, 1.54) is 0 Å². The van der Waals surface area contributed by atoms with E-state index in [1.54, 1.807) is 20.8 Å². The number of carboxylic acid groups (broad SMARTS) is 1. The van der Waals surface area contributed by atoms with E-state index >= 15 is 0 Å². The third-order valence-corrected chi connectivity index (χ3v) is 2.48. The summed E-state index contributed by atoms with van der Waals surface area (Å²) >= 11 is 0. The zero-order chi connectivity index (χ0) is 15.2. The summed E-state index contributed by atoms with van der Waals surface area (Å²) in [7, 11) is 0. The van der Waals surface area contributed by atoms with Crippen LogP contribution in [0.5, 0.6) is 0 Å². The van der Waals surface area contributed by atoms with Crippen molar-refractivity contribution in [3.8, 4) is 0 Å². The molecule has 1 aromatic rings. The molecule has 0 radical (unpaired) electrons. The van der Waals surface area contributed by atoms with E-state index in [-0.39, 0.29) is 6.42 Å². The minimum atomic E-state index is -1.06. The molecule has 1 atom stereocenters. The monoisotopic (exact) mass is 279 g/mol. The van der Waals surface area contributed by atoms with E-state index in [0.29, 0.717) is 6.54 Å². The average Bonchev–Trinajstić information content (AvgIpc) is 2.33. The first kappa shape index (κ1) is 16.2. The van der Waals surface area contributed by atoms with Crippen LogP contribution in [0.4, 0.5) is 0 Å². The topological polar surface area (TPSA) is 75.6 Å². The van der Waals surface area contributed by atoms with Crippen molar-refractivity contribution < 1.29 is 19.4 Å². The van der Waals surface area contributed by atoms with Gasteiger partial charge in [0.15, 0.2) is 0 Å². The lowest BCUT2D eigenvalue weighted by Gasteiger charge is -2.21. The van der Waals surface area contributed by atoms with E-state index in [1.807, 2.05) is 30.3 Å². The van der Waals surface area contributed by atoms with Crippen molar-refractivity contribution in [2.75, 3.05) is 0 Å². The molecule has 1 rings (SSSR count). The molecule has 0 heterocycles. The lowest BCUT2D eigenvalue weighted by atomic mass is 10.1. The van der Waals surface area contributed by atoms with E-state index in [9.17, 15) is 9.59 Å². The smallest absolute Gasteiger partial charge is 0.321 e. The van der Waals surface area contributed by atoms with E-state index in [0.717, 1.165) is 5.56 Å². The first-order valence-electron chi connectivity index (χ1n) is 6.50. The molecule has 1 aromatic carbocycles. The summed E-state index contributed by atoms with van der Waals surface area (Å²) < 4.78 is 5.13. The quantitative estimate of drug-likeness (QED) is 0.779. The molecule has 0 aromatic heterocycles. The van der Waals surface area contributed by atoms with Gasteiger partial charge in [-0.05, 0) is 26.3 Å². The predicted octanol–water partition coefficient (Wildman–Crippen LogP) is 1.96. The van der Waals surface area contributed by atoms with Gasteiger partial charge in [-0.1, -0.05) is 30.3 Å². The highest BCUT2D eigenvalue weighted by molar-refractivity contribution is 5.81. The van der Waals surface area contributed by atoms with Gasteiger partial charge in [-0.2, -0.15) is 0 Å². The first-order valence-corrected chi connectivity index (χ1v) is 6.50. The van der Waals surface area contributed by atoms with Gasteiger partial charge in [0.05, 0.1) is 6.42 Å². The summed E-state index contributed by atoms with van der Waals surface area (Å²) in [6.45, 7) is 5.63. The molecule has 0 saturated heterocycles. The highest BCUT2D eigenvalue weighted by Crippen LogP contribution is 2.10. The Morgan fingerprint density at radius 2 is 1.85 bits per heavy atom. The molecule has 0 fully saturated rings. The molecule has 5 nitrogen and oxygen atoms in total. The number of hydrogen-bond donors (Lipinski definition) is 2. The molecule has 0 amide bonds. The van der Waals surface area contributed by atoms with Crippen molar-refractivity contribution in [2.24, 2.45) is 0 Å². The van der Waals surface area contributed by atoms with Crippen molar-refractivity contribution in [3.63, 3.8) is 0 Å². The Labute approximate surface area is 118 Å². The second-order valence-corrected chi connectivity index (χ2v) is 5.55. The van der Waals surface area contributed by atoms with Crippen LogP contribution in [0.2, 0.25) is 0 Å². The maximum Gasteiger partial charge on any atom is 0.321 e. The number of ether oxygens (including phenoxy) is 1. The molecule has 1 unspecified atom stereocenters. The number of esters is 1. The molecule has 20 heavy (non-hydrogen) atoms. The fourth-order valence-corrected chi connectivity index (χ4v) is 1.63. The van der Waals surface area contributed by atoms with Gasteiger partial charge in [-0.15, -0.1) is 0 Å². The Morgan fingerprint density at radius 3 is 2.35 bits per heavy atom. The summed E-state index contributed by atoms with van der Waals surface area (Å²) in [5.41, 5.74) is 0.350. The lowest BCUT2D eigenvalue weighted by Crippen LogP contribution is -2.39. The second-order valence-electron chi connectivity index (χ2n) is 5.55. The predicted molar refractivity (Wildman–Crippen MR) is 75.2 cm³/mol. The van der Waals surface area contributed by atoms with Crippen molar-refractivity contribution in [1.29, 1.82) is 0 Å². The van der Waals surface area contributed by atoms with Crippen molar-refractivity contribution in [2.45, 2.75) is 45.4 Å². The van der Waals surface area contributed by atoms with Gasteiger partial charge in [0.25, 0.3) is 0 Å². The van der Waals surface area contributed by atoms with E-state index < -0.39 is 23.6 Å². The van der Waals surface area contributed by atoms with Crippen LogP contribution in [0.25, 0.3) is 0 Å². The number of hydrogen-bond acceptors (Lipinski definition) is 4. The van der Waals surface area contributed by atoms with Crippen LogP contribution < -0.4 is 5.32 Å². The summed E-state index contributed by atoms with van der Waals surface area (Å²) in [5, 5.41) is 12.0. The van der Waals surface area contributed by atoms with Gasteiger partial charge in [0.1, 0.15) is 11.6 Å². The fourth-order valence-electron chi connectivity index (χ4n) is 1.63. The molecule has 0 bridgehead atoms. The van der Waals surface area contributed by atoms with Crippen LogP contribution in [0.15, 0.2) is 30.3 Å². The van der Waals surface area contributed by atoms with Crippen LogP contribution in [0, 0.1) is 0 Å². The van der Waals surface area contributed by atoms with Crippen LogP contribution in [0.1, 0.15) is 32.8 Å². The highest BCUT2D eigenvalue weighted by atomic mass is 16.6. The van der Waals surface area contributed by atoms with Gasteiger partial charge in [-0.3, -0.25) is 14.9 Å². The fraction of sp³-hybridized carbons (Fsp3) is 0.467. The minimum Gasteiger partial charge on any atom is -0.480 e. The van der Waals surface area contributed by atoms with Crippen LogP contribution in [-0.4, -0.2) is 28.7 Å². The molecule has 0 aliphatic carbocycles. The van der Waals surface area contributed by atoms with Gasteiger partial charge < -0.3 is 9.84 Å². The Bertz CT molecular complexity index is 451. The average molecular weight is 279 g/mol. The number of carbonyl (C=O) groups excluding carboxylic acids is 1. The van der Waals surface area contributed by atoms with Gasteiger partial charge in [0, 0.05) is 6.54 Å². The Morgan fingerprint density at radius 1 is 1.25 bits per heavy atom. The summed E-state index contributed by atoms with van der Waals surface area (Å²) in [6, 6.07) is 8.46. The number of rotatable bonds is 6. The Kier molecular flexibility index (Phi) is 5.70.